The Balaban J connectivity index is 1.61. The van der Waals surface area contributed by atoms with E-state index in [-0.39, 0.29) is 5.91 Å². The zero-order valence-corrected chi connectivity index (χ0v) is 10.9. The van der Waals surface area contributed by atoms with Crippen molar-refractivity contribution in [1.29, 1.82) is 0 Å². The molecule has 18 heavy (non-hydrogen) atoms. The first-order chi connectivity index (χ1) is 8.69. The maximum atomic E-state index is 11.7. The van der Waals surface area contributed by atoms with Gasteiger partial charge in [-0.15, -0.1) is 11.3 Å². The SMILES string of the molecule is NC1(C(=O)NCCc2csc3ccccc23)CC1. The van der Waals surface area contributed by atoms with Crippen molar-refractivity contribution in [2.75, 3.05) is 6.54 Å². The number of fused-ring (bicyclic) bond motifs is 1. The number of amides is 1. The van der Waals surface area contributed by atoms with E-state index in [1.54, 1.807) is 11.3 Å². The molecule has 0 aliphatic heterocycles. The molecule has 0 atom stereocenters. The van der Waals surface area contributed by atoms with Crippen LogP contribution in [0.3, 0.4) is 0 Å². The van der Waals surface area contributed by atoms with Gasteiger partial charge in [0.1, 0.15) is 0 Å². The molecule has 94 valence electrons. The molecule has 0 bridgehead atoms. The van der Waals surface area contributed by atoms with Crippen LogP contribution in [0, 0.1) is 0 Å². The number of carbonyl (C=O) groups is 1. The van der Waals surface area contributed by atoms with Crippen LogP contribution >= 0.6 is 11.3 Å². The second kappa shape index (κ2) is 4.37. The van der Waals surface area contributed by atoms with Crippen LogP contribution in [-0.2, 0) is 11.2 Å². The van der Waals surface area contributed by atoms with Gasteiger partial charge in [-0.3, -0.25) is 4.79 Å². The van der Waals surface area contributed by atoms with Gasteiger partial charge in [0, 0.05) is 11.2 Å². The number of nitrogens with two attached hydrogens (primary N) is 1. The molecule has 2 aromatic rings. The highest BCUT2D eigenvalue weighted by atomic mass is 32.1. The van der Waals surface area contributed by atoms with Gasteiger partial charge >= 0.3 is 0 Å². The minimum absolute atomic E-state index is 0.00188. The van der Waals surface area contributed by atoms with Gasteiger partial charge in [0.15, 0.2) is 0 Å². The van der Waals surface area contributed by atoms with Gasteiger partial charge in [-0.05, 0) is 41.7 Å². The standard InChI is InChI=1S/C14H16N2OS/c15-14(6-7-14)13(17)16-8-5-10-9-18-12-4-2-1-3-11(10)12/h1-4,9H,5-8,15H2,(H,16,17). The van der Waals surface area contributed by atoms with Crippen LogP contribution in [0.2, 0.25) is 0 Å². The summed E-state index contributed by atoms with van der Waals surface area (Å²) in [5, 5.41) is 6.40. The van der Waals surface area contributed by atoms with Crippen LogP contribution in [0.15, 0.2) is 29.6 Å². The summed E-state index contributed by atoms with van der Waals surface area (Å²) in [6.07, 6.45) is 2.51. The predicted octanol–water partition coefficient (Wildman–Crippen LogP) is 2.05. The van der Waals surface area contributed by atoms with E-state index in [2.05, 4.69) is 35.0 Å². The van der Waals surface area contributed by atoms with Crippen molar-refractivity contribution < 1.29 is 4.79 Å². The summed E-state index contributed by atoms with van der Waals surface area (Å²) in [7, 11) is 0. The summed E-state index contributed by atoms with van der Waals surface area (Å²) in [6.45, 7) is 0.665. The molecule has 4 heteroatoms. The van der Waals surface area contributed by atoms with E-state index in [4.69, 9.17) is 5.73 Å². The summed E-state index contributed by atoms with van der Waals surface area (Å²) < 4.78 is 1.30. The van der Waals surface area contributed by atoms with Crippen molar-refractivity contribution in [1.82, 2.24) is 5.32 Å². The molecule has 1 heterocycles. The zero-order chi connectivity index (χ0) is 12.6. The molecular weight excluding hydrogens is 244 g/mol. The minimum Gasteiger partial charge on any atom is -0.354 e. The predicted molar refractivity (Wildman–Crippen MR) is 74.7 cm³/mol. The quantitative estimate of drug-likeness (QED) is 0.884. The molecule has 3 rings (SSSR count). The lowest BCUT2D eigenvalue weighted by molar-refractivity contribution is -0.123. The van der Waals surface area contributed by atoms with Gasteiger partial charge in [0.25, 0.3) is 0 Å². The van der Waals surface area contributed by atoms with Crippen molar-refractivity contribution in [3.05, 3.63) is 35.2 Å². The van der Waals surface area contributed by atoms with Gasteiger partial charge in [-0.25, -0.2) is 0 Å². The van der Waals surface area contributed by atoms with Gasteiger partial charge in [-0.2, -0.15) is 0 Å². The van der Waals surface area contributed by atoms with E-state index in [0.29, 0.717) is 6.54 Å². The second-order valence-corrected chi connectivity index (χ2v) is 5.83. The van der Waals surface area contributed by atoms with E-state index in [1.165, 1.54) is 15.6 Å². The average molecular weight is 260 g/mol. The fourth-order valence-corrected chi connectivity index (χ4v) is 3.07. The van der Waals surface area contributed by atoms with Crippen molar-refractivity contribution in [2.45, 2.75) is 24.8 Å². The first kappa shape index (κ1) is 11.7. The Morgan fingerprint density at radius 2 is 2.17 bits per heavy atom. The number of thiophene rings is 1. The number of hydrogen-bond acceptors (Lipinski definition) is 3. The summed E-state index contributed by atoms with van der Waals surface area (Å²) in [5.41, 5.74) is 6.57. The average Bonchev–Trinajstić information content (AvgIpc) is 3.01. The van der Waals surface area contributed by atoms with Gasteiger partial charge in [0.2, 0.25) is 5.91 Å². The molecule has 3 N–H and O–H groups in total. The first-order valence-electron chi connectivity index (χ1n) is 6.21. The van der Waals surface area contributed by atoms with Crippen molar-refractivity contribution >= 4 is 27.3 Å². The third-order valence-electron chi connectivity index (χ3n) is 3.48. The zero-order valence-electron chi connectivity index (χ0n) is 10.1. The van der Waals surface area contributed by atoms with Crippen molar-refractivity contribution in [3.8, 4) is 0 Å². The Morgan fingerprint density at radius 3 is 2.94 bits per heavy atom. The molecule has 1 aliphatic rings. The monoisotopic (exact) mass is 260 g/mol. The lowest BCUT2D eigenvalue weighted by Crippen LogP contribution is -2.43. The summed E-state index contributed by atoms with van der Waals surface area (Å²) in [6, 6.07) is 8.36. The molecule has 1 aromatic heterocycles. The number of nitrogens with one attached hydrogen (secondary N) is 1. The second-order valence-electron chi connectivity index (χ2n) is 4.92. The highest BCUT2D eigenvalue weighted by Crippen LogP contribution is 2.32. The Labute approximate surface area is 110 Å². The van der Waals surface area contributed by atoms with Gasteiger partial charge < -0.3 is 11.1 Å². The Morgan fingerprint density at radius 1 is 1.39 bits per heavy atom. The van der Waals surface area contributed by atoms with Gasteiger partial charge in [0.05, 0.1) is 5.54 Å². The molecule has 0 spiro atoms. The van der Waals surface area contributed by atoms with Crippen LogP contribution in [0.25, 0.3) is 10.1 Å². The Hall–Kier alpha value is -1.39. The van der Waals surface area contributed by atoms with Crippen molar-refractivity contribution in [3.63, 3.8) is 0 Å². The smallest absolute Gasteiger partial charge is 0.240 e. The third kappa shape index (κ3) is 2.13. The molecule has 0 unspecified atom stereocenters. The number of carbonyl (C=O) groups excluding carboxylic acids is 1. The number of benzene rings is 1. The molecule has 1 saturated carbocycles. The first-order valence-corrected chi connectivity index (χ1v) is 7.09. The van der Waals surface area contributed by atoms with Crippen molar-refractivity contribution in [2.24, 2.45) is 5.73 Å². The van der Waals surface area contributed by atoms with E-state index in [0.717, 1.165) is 19.3 Å². The fourth-order valence-electron chi connectivity index (χ4n) is 2.07. The molecule has 0 radical (unpaired) electrons. The van der Waals surface area contributed by atoms with Gasteiger partial charge in [-0.1, -0.05) is 18.2 Å². The Bertz CT molecular complexity index is 586. The molecular formula is C14H16N2OS. The maximum Gasteiger partial charge on any atom is 0.240 e. The van der Waals surface area contributed by atoms with E-state index in [1.807, 2.05) is 0 Å². The summed E-state index contributed by atoms with van der Waals surface area (Å²) in [5.74, 6) is 0.00188. The van der Waals surface area contributed by atoms with Crippen LogP contribution in [0.1, 0.15) is 18.4 Å². The van der Waals surface area contributed by atoms with Crippen LogP contribution in [0.5, 0.6) is 0 Å². The lowest BCUT2D eigenvalue weighted by atomic mass is 10.1. The van der Waals surface area contributed by atoms with E-state index in [9.17, 15) is 4.79 Å². The van der Waals surface area contributed by atoms with Crippen LogP contribution in [-0.4, -0.2) is 18.0 Å². The molecule has 1 fully saturated rings. The molecule has 1 amide bonds. The summed E-state index contributed by atoms with van der Waals surface area (Å²) in [4.78, 5) is 11.7. The van der Waals surface area contributed by atoms with E-state index >= 15 is 0 Å². The van der Waals surface area contributed by atoms with Crippen LogP contribution < -0.4 is 11.1 Å². The largest absolute Gasteiger partial charge is 0.354 e. The molecule has 3 nitrogen and oxygen atoms in total. The highest BCUT2D eigenvalue weighted by molar-refractivity contribution is 7.17. The lowest BCUT2D eigenvalue weighted by Gasteiger charge is -2.09. The molecule has 1 aromatic carbocycles. The molecule has 0 saturated heterocycles. The maximum absolute atomic E-state index is 11.7. The minimum atomic E-state index is -0.559. The van der Waals surface area contributed by atoms with E-state index < -0.39 is 5.54 Å². The highest BCUT2D eigenvalue weighted by Gasteiger charge is 2.45. The normalized spacial score (nSPS) is 16.7. The summed E-state index contributed by atoms with van der Waals surface area (Å²) >= 11 is 1.75. The number of hydrogen-bond donors (Lipinski definition) is 2. The third-order valence-corrected chi connectivity index (χ3v) is 4.49. The topological polar surface area (TPSA) is 55.1 Å². The number of rotatable bonds is 4. The van der Waals surface area contributed by atoms with Crippen LogP contribution in [0.4, 0.5) is 0 Å². The fraction of sp³-hybridized carbons (Fsp3) is 0.357. The Kier molecular flexibility index (Phi) is 2.84. The molecule has 1 aliphatic carbocycles.